The van der Waals surface area contributed by atoms with E-state index in [1.54, 1.807) is 0 Å². The molecule has 0 spiro atoms. The monoisotopic (exact) mass is 320 g/mol. The van der Waals surface area contributed by atoms with Gasteiger partial charge in [0.1, 0.15) is 5.70 Å². The smallest absolute Gasteiger partial charge is 0.315 e. The highest BCUT2D eigenvalue weighted by molar-refractivity contribution is 6.15. The van der Waals surface area contributed by atoms with Gasteiger partial charge in [0.05, 0.1) is 4.92 Å². The normalized spacial score (nSPS) is 15.7. The van der Waals surface area contributed by atoms with Crippen LogP contribution < -0.4 is 5.32 Å². The average Bonchev–Trinajstić information content (AvgIpc) is 2.69. The number of nitro benzene ring substituents is 1. The molecule has 0 saturated carbocycles. The molecule has 1 aromatic rings. The summed E-state index contributed by atoms with van der Waals surface area (Å²) in [7, 11) is 1.47. The van der Waals surface area contributed by atoms with E-state index in [0.29, 0.717) is 0 Å². The van der Waals surface area contributed by atoms with Gasteiger partial charge in [-0.05, 0) is 17.7 Å². The summed E-state index contributed by atoms with van der Waals surface area (Å²) in [6, 6.07) is 2.06. The Hall–Kier alpha value is -3.43. The third kappa shape index (κ3) is 3.10. The highest BCUT2D eigenvalue weighted by Gasteiger charge is 2.27. The number of benzene rings is 1. The van der Waals surface area contributed by atoms with Crippen molar-refractivity contribution in [3.63, 3.8) is 0 Å². The van der Waals surface area contributed by atoms with Gasteiger partial charge in [0.25, 0.3) is 5.91 Å². The number of nitrogens with zero attached hydrogens (tertiary/aromatic N) is 3. The number of nitrogens with one attached hydrogen (secondary N) is 1. The first-order valence-corrected chi connectivity index (χ1v) is 6.27. The van der Waals surface area contributed by atoms with Crippen LogP contribution in [0.4, 0.5) is 5.69 Å². The summed E-state index contributed by atoms with van der Waals surface area (Å²) in [5.74, 6) is -2.61. The van der Waals surface area contributed by atoms with Crippen molar-refractivity contribution in [1.29, 1.82) is 0 Å². The minimum atomic E-state index is -0.865. The molecule has 0 atom stereocenters. The highest BCUT2D eigenvalue weighted by Crippen LogP contribution is 2.36. The Morgan fingerprint density at radius 2 is 2.09 bits per heavy atom. The Kier molecular flexibility index (Phi) is 3.99. The number of aromatic hydroxyl groups is 2. The van der Waals surface area contributed by atoms with Crippen LogP contribution in [-0.4, -0.2) is 44.9 Å². The van der Waals surface area contributed by atoms with Crippen LogP contribution in [0.1, 0.15) is 12.5 Å². The van der Waals surface area contributed by atoms with Gasteiger partial charge in [0.15, 0.2) is 5.75 Å². The van der Waals surface area contributed by atoms with E-state index >= 15 is 0 Å². The molecule has 0 bridgehead atoms. The largest absolute Gasteiger partial charge is 0.504 e. The zero-order valence-electron chi connectivity index (χ0n) is 12.1. The number of phenolic OH excluding ortho intramolecular Hbond substituents is 2. The number of guanidine groups is 1. The first kappa shape index (κ1) is 15.9. The molecule has 2 amide bonds. The number of carbonyl (C=O) groups is 2. The lowest BCUT2D eigenvalue weighted by molar-refractivity contribution is -0.386. The molecule has 1 aliphatic heterocycles. The second-order valence-corrected chi connectivity index (χ2v) is 4.68. The predicted octanol–water partition coefficient (Wildman–Crippen LogP) is 0.311. The lowest BCUT2D eigenvalue weighted by atomic mass is 10.1. The summed E-state index contributed by atoms with van der Waals surface area (Å²) in [5, 5.41) is 32.2. The quantitative estimate of drug-likeness (QED) is 0.307. The second kappa shape index (κ2) is 5.75. The van der Waals surface area contributed by atoms with Crippen LogP contribution in [0.15, 0.2) is 22.8 Å². The summed E-state index contributed by atoms with van der Waals surface area (Å²) < 4.78 is 0. The molecule has 0 unspecified atom stereocenters. The molecule has 10 nitrogen and oxygen atoms in total. The molecule has 0 radical (unpaired) electrons. The SMILES string of the molecule is CC(=O)NC1=NC(=O)/C(=C/c2cc(O)c(O)c([N+](=O)[O-])c2)N1C. The van der Waals surface area contributed by atoms with Crippen molar-refractivity contribution < 1.29 is 24.7 Å². The number of rotatable bonds is 2. The number of phenols is 2. The fourth-order valence-corrected chi connectivity index (χ4v) is 1.92. The fraction of sp³-hybridized carbons (Fsp3) is 0.154. The van der Waals surface area contributed by atoms with E-state index in [1.807, 2.05) is 0 Å². The van der Waals surface area contributed by atoms with E-state index in [4.69, 9.17) is 0 Å². The van der Waals surface area contributed by atoms with Gasteiger partial charge in [0.2, 0.25) is 17.6 Å². The van der Waals surface area contributed by atoms with Crippen LogP contribution in [-0.2, 0) is 9.59 Å². The van der Waals surface area contributed by atoms with Crippen molar-refractivity contribution >= 4 is 29.5 Å². The Morgan fingerprint density at radius 3 is 2.65 bits per heavy atom. The van der Waals surface area contributed by atoms with E-state index in [1.165, 1.54) is 24.9 Å². The number of hydrogen-bond acceptors (Lipinski definition) is 7. The number of hydrogen-bond donors (Lipinski definition) is 3. The maximum absolute atomic E-state index is 11.9. The zero-order chi connectivity index (χ0) is 17.3. The standard InChI is InChI=1S/C13H12N4O6/c1-6(18)14-13-15-12(21)9(16(13)2)4-7-3-8(17(22)23)11(20)10(19)5-7/h3-5,19-20H,1-2H3,(H,14,15,18,21)/b9-4-. The first-order valence-electron chi connectivity index (χ1n) is 6.27. The van der Waals surface area contributed by atoms with Crippen LogP contribution >= 0.6 is 0 Å². The van der Waals surface area contributed by atoms with Crippen molar-refractivity contribution in [3.8, 4) is 11.5 Å². The maximum atomic E-state index is 11.9. The zero-order valence-corrected chi connectivity index (χ0v) is 12.1. The molecule has 1 aromatic carbocycles. The van der Waals surface area contributed by atoms with Crippen LogP contribution in [0.25, 0.3) is 6.08 Å². The van der Waals surface area contributed by atoms with E-state index in [-0.39, 0.29) is 17.2 Å². The maximum Gasteiger partial charge on any atom is 0.315 e. The van der Waals surface area contributed by atoms with Gasteiger partial charge in [-0.25, -0.2) is 0 Å². The molecule has 10 heteroatoms. The lowest BCUT2D eigenvalue weighted by Gasteiger charge is -2.14. The number of amides is 2. The van der Waals surface area contributed by atoms with E-state index < -0.39 is 33.9 Å². The molecule has 3 N–H and O–H groups in total. The van der Waals surface area contributed by atoms with Gasteiger partial charge in [0, 0.05) is 20.0 Å². The minimum Gasteiger partial charge on any atom is -0.504 e. The number of nitro groups is 1. The van der Waals surface area contributed by atoms with Gasteiger partial charge in [-0.15, -0.1) is 0 Å². The summed E-state index contributed by atoms with van der Waals surface area (Å²) in [5.41, 5.74) is -0.553. The van der Waals surface area contributed by atoms with Gasteiger partial charge in [-0.1, -0.05) is 0 Å². The molecule has 2 rings (SSSR count). The van der Waals surface area contributed by atoms with Gasteiger partial charge < -0.3 is 15.1 Å². The van der Waals surface area contributed by atoms with Crippen LogP contribution in [0.2, 0.25) is 0 Å². The summed E-state index contributed by atoms with van der Waals surface area (Å²) in [4.78, 5) is 37.8. The summed E-state index contributed by atoms with van der Waals surface area (Å²) in [6.45, 7) is 1.25. The number of aliphatic imine (C=N–C) groups is 1. The average molecular weight is 320 g/mol. The van der Waals surface area contributed by atoms with Crippen molar-refractivity contribution in [1.82, 2.24) is 10.2 Å². The van der Waals surface area contributed by atoms with Crippen molar-refractivity contribution in [2.24, 2.45) is 4.99 Å². The van der Waals surface area contributed by atoms with E-state index in [9.17, 15) is 29.9 Å². The minimum absolute atomic E-state index is 0.0197. The summed E-state index contributed by atoms with van der Waals surface area (Å²) >= 11 is 0. The molecular weight excluding hydrogens is 308 g/mol. The van der Waals surface area contributed by atoms with Crippen LogP contribution in [0.3, 0.4) is 0 Å². The molecule has 1 heterocycles. The number of carbonyl (C=O) groups excluding carboxylic acids is 2. The highest BCUT2D eigenvalue weighted by atomic mass is 16.6. The molecule has 1 aliphatic rings. The third-order valence-corrected chi connectivity index (χ3v) is 2.99. The van der Waals surface area contributed by atoms with Gasteiger partial charge >= 0.3 is 5.69 Å². The van der Waals surface area contributed by atoms with E-state index in [2.05, 4.69) is 10.3 Å². The first-order chi connectivity index (χ1) is 10.7. The topological polar surface area (TPSA) is 145 Å². The number of likely N-dealkylation sites (N-methyl/N-ethyl adjacent to an activating group) is 1. The van der Waals surface area contributed by atoms with E-state index in [0.717, 1.165) is 12.1 Å². The predicted molar refractivity (Wildman–Crippen MR) is 78.4 cm³/mol. The Morgan fingerprint density at radius 1 is 1.43 bits per heavy atom. The molecule has 0 aliphatic carbocycles. The third-order valence-electron chi connectivity index (χ3n) is 2.99. The lowest BCUT2D eigenvalue weighted by Crippen LogP contribution is -2.37. The molecule has 23 heavy (non-hydrogen) atoms. The molecular formula is C13H12N4O6. The van der Waals surface area contributed by atoms with Crippen molar-refractivity contribution in [2.45, 2.75) is 6.92 Å². The Labute approximate surface area is 129 Å². The Balaban J connectivity index is 2.42. The Bertz CT molecular complexity index is 783. The molecule has 0 saturated heterocycles. The van der Waals surface area contributed by atoms with Crippen molar-refractivity contribution in [2.75, 3.05) is 7.05 Å². The van der Waals surface area contributed by atoms with Gasteiger partial charge in [-0.3, -0.25) is 25.0 Å². The molecule has 0 aromatic heterocycles. The van der Waals surface area contributed by atoms with Crippen LogP contribution in [0.5, 0.6) is 11.5 Å². The second-order valence-electron chi connectivity index (χ2n) is 4.68. The van der Waals surface area contributed by atoms with Gasteiger partial charge in [-0.2, -0.15) is 4.99 Å². The summed E-state index contributed by atoms with van der Waals surface area (Å²) in [6.07, 6.45) is 1.24. The fourth-order valence-electron chi connectivity index (χ4n) is 1.92. The van der Waals surface area contributed by atoms with Crippen LogP contribution in [0, 0.1) is 10.1 Å². The van der Waals surface area contributed by atoms with Crippen molar-refractivity contribution in [3.05, 3.63) is 33.5 Å². The molecule has 0 fully saturated rings. The molecule has 120 valence electrons.